The predicted molar refractivity (Wildman–Crippen MR) is 95.9 cm³/mol. The molecule has 0 rings (SSSR count). The van der Waals surface area contributed by atoms with Gasteiger partial charge in [0.1, 0.15) is 5.78 Å². The number of allylic oxidation sites excluding steroid dienone is 1. The molecule has 0 aromatic heterocycles. The van der Waals surface area contributed by atoms with Gasteiger partial charge in [-0.25, -0.2) is 0 Å². The van der Waals surface area contributed by atoms with E-state index in [2.05, 4.69) is 0 Å². The Labute approximate surface area is 150 Å². The third-order valence-corrected chi connectivity index (χ3v) is 3.18. The van der Waals surface area contributed by atoms with Gasteiger partial charge in [0, 0.05) is 18.4 Å². The minimum atomic E-state index is -1.74. The van der Waals surface area contributed by atoms with E-state index in [0.717, 1.165) is 19.3 Å². The van der Waals surface area contributed by atoms with Gasteiger partial charge in [-0.1, -0.05) is 47.5 Å². The summed E-state index contributed by atoms with van der Waals surface area (Å²) < 4.78 is 46.7. The average molecular weight is 370 g/mol. The van der Waals surface area contributed by atoms with E-state index in [-0.39, 0.29) is 5.57 Å². The van der Waals surface area contributed by atoms with Crippen molar-refractivity contribution in [1.82, 2.24) is 0 Å². The quantitative estimate of drug-likeness (QED) is 0.442. The van der Waals surface area contributed by atoms with Crippen LogP contribution in [0.25, 0.3) is 0 Å². The number of carbonyl (C=O) groups excluding carboxylic acids is 1. The summed E-state index contributed by atoms with van der Waals surface area (Å²) in [6.45, 7) is 8.85. The second-order valence-corrected chi connectivity index (χ2v) is 5.38. The van der Waals surface area contributed by atoms with E-state index in [1.807, 2.05) is 20.8 Å². The summed E-state index contributed by atoms with van der Waals surface area (Å²) >= 11 is 0. The lowest BCUT2D eigenvalue weighted by atomic mass is 10.1. The van der Waals surface area contributed by atoms with Crippen LogP contribution in [0.5, 0.6) is 0 Å². The summed E-state index contributed by atoms with van der Waals surface area (Å²) in [5.74, 6) is 0.377. The first kappa shape index (κ1) is 28.6. The van der Waals surface area contributed by atoms with E-state index in [1.165, 1.54) is 0 Å². The third-order valence-electron chi connectivity index (χ3n) is 3.18. The molecule has 0 atom stereocenters. The lowest BCUT2D eigenvalue weighted by Gasteiger charge is -1.97. The SMILES string of the molecule is CCCC(=O)CC.CCCC(CC)=C(F)F.CCCC(CO)=C(F)F. The molecule has 0 aliphatic heterocycles. The van der Waals surface area contributed by atoms with Crippen molar-refractivity contribution >= 4 is 5.78 Å². The van der Waals surface area contributed by atoms with Gasteiger partial charge in [-0.05, 0) is 31.3 Å². The highest BCUT2D eigenvalue weighted by atomic mass is 19.3. The Morgan fingerprint density at radius 1 is 0.680 bits per heavy atom. The van der Waals surface area contributed by atoms with E-state index in [0.29, 0.717) is 43.5 Å². The van der Waals surface area contributed by atoms with Crippen LogP contribution < -0.4 is 0 Å². The Kier molecular flexibility index (Phi) is 23.9. The van der Waals surface area contributed by atoms with Crippen molar-refractivity contribution in [3.05, 3.63) is 23.3 Å². The van der Waals surface area contributed by atoms with Gasteiger partial charge in [-0.15, -0.1) is 0 Å². The number of aliphatic hydroxyl groups excluding tert-OH is 1. The minimum absolute atomic E-state index is 0.141. The van der Waals surface area contributed by atoms with E-state index >= 15 is 0 Å². The number of Topliss-reactive ketones (excluding diaryl/α,β-unsaturated/α-hetero) is 1. The van der Waals surface area contributed by atoms with Gasteiger partial charge in [0.15, 0.2) is 0 Å². The molecule has 0 aromatic rings. The number of rotatable bonds is 9. The van der Waals surface area contributed by atoms with Crippen LogP contribution in [0.2, 0.25) is 0 Å². The van der Waals surface area contributed by atoms with Gasteiger partial charge >= 0.3 is 0 Å². The fraction of sp³-hybridized carbons (Fsp3) is 0.737. The van der Waals surface area contributed by atoms with Crippen molar-refractivity contribution in [2.45, 2.75) is 86.0 Å². The van der Waals surface area contributed by atoms with E-state index in [1.54, 1.807) is 13.8 Å². The number of hydrogen-bond acceptors (Lipinski definition) is 2. The molecule has 0 radical (unpaired) electrons. The molecule has 2 nitrogen and oxygen atoms in total. The van der Waals surface area contributed by atoms with Crippen LogP contribution in [0, 0.1) is 0 Å². The zero-order valence-electron chi connectivity index (χ0n) is 16.2. The van der Waals surface area contributed by atoms with Crippen LogP contribution in [0.15, 0.2) is 23.3 Å². The standard InChI is InChI=1S/C7H12F2.C6H10F2O.C6H12O/c1-3-5-6(4-2)7(8)9;1-2-3-5(4-9)6(7)8;1-3-5-6(7)4-2/h3-5H2,1-2H3;9H,2-4H2,1H3;3-5H2,1-2H3. The second kappa shape index (κ2) is 20.9. The van der Waals surface area contributed by atoms with Crippen LogP contribution in [-0.4, -0.2) is 17.5 Å². The molecule has 0 fully saturated rings. The topological polar surface area (TPSA) is 37.3 Å². The first-order chi connectivity index (χ1) is 11.7. The van der Waals surface area contributed by atoms with Crippen LogP contribution in [0.1, 0.15) is 86.0 Å². The monoisotopic (exact) mass is 370 g/mol. The lowest BCUT2D eigenvalue weighted by Crippen LogP contribution is -1.91. The number of halogens is 4. The maximum atomic E-state index is 11.8. The lowest BCUT2D eigenvalue weighted by molar-refractivity contribution is -0.118. The molecule has 0 aromatic carbocycles. The molecule has 0 bridgehead atoms. The van der Waals surface area contributed by atoms with Gasteiger partial charge < -0.3 is 5.11 Å². The molecule has 0 unspecified atom stereocenters. The minimum Gasteiger partial charge on any atom is -0.392 e. The molecule has 0 amide bonds. The summed E-state index contributed by atoms with van der Waals surface area (Å²) in [6, 6.07) is 0. The highest BCUT2D eigenvalue weighted by molar-refractivity contribution is 5.77. The first-order valence-corrected chi connectivity index (χ1v) is 8.93. The smallest absolute Gasteiger partial charge is 0.271 e. The van der Waals surface area contributed by atoms with Gasteiger partial charge in [0.25, 0.3) is 12.2 Å². The van der Waals surface area contributed by atoms with Crippen molar-refractivity contribution < 1.29 is 27.5 Å². The summed E-state index contributed by atoms with van der Waals surface area (Å²) in [6.07, 6.45) is 2.00. The molecular weight excluding hydrogens is 336 g/mol. The Hall–Kier alpha value is -1.17. The van der Waals surface area contributed by atoms with Crippen LogP contribution in [0.4, 0.5) is 17.6 Å². The summed E-state index contributed by atoms with van der Waals surface area (Å²) in [5, 5.41) is 8.29. The Morgan fingerprint density at radius 2 is 1.08 bits per heavy atom. The van der Waals surface area contributed by atoms with Crippen LogP contribution in [-0.2, 0) is 4.79 Å². The summed E-state index contributed by atoms with van der Waals surface area (Å²) in [4.78, 5) is 10.4. The largest absolute Gasteiger partial charge is 0.392 e. The number of carbonyl (C=O) groups is 1. The maximum Gasteiger partial charge on any atom is 0.271 e. The van der Waals surface area contributed by atoms with Crippen molar-refractivity contribution in [2.75, 3.05) is 6.61 Å². The number of aliphatic hydroxyl groups is 1. The molecule has 0 heterocycles. The van der Waals surface area contributed by atoms with Crippen LogP contribution in [0.3, 0.4) is 0 Å². The Balaban J connectivity index is -0.000000293. The zero-order valence-corrected chi connectivity index (χ0v) is 16.2. The molecule has 0 aliphatic carbocycles. The molecule has 6 heteroatoms. The van der Waals surface area contributed by atoms with Crippen LogP contribution >= 0.6 is 0 Å². The molecule has 0 saturated heterocycles. The fourth-order valence-corrected chi connectivity index (χ4v) is 1.70. The van der Waals surface area contributed by atoms with E-state index < -0.39 is 18.8 Å². The van der Waals surface area contributed by atoms with Gasteiger partial charge in [0.2, 0.25) is 0 Å². The van der Waals surface area contributed by atoms with Crippen molar-refractivity contribution in [3.63, 3.8) is 0 Å². The number of hydrogen-bond donors (Lipinski definition) is 1. The Bertz CT molecular complexity index is 355. The Morgan fingerprint density at radius 3 is 1.20 bits per heavy atom. The van der Waals surface area contributed by atoms with Gasteiger partial charge in [-0.2, -0.15) is 17.6 Å². The molecule has 0 spiro atoms. The zero-order chi connectivity index (χ0) is 20.3. The third kappa shape index (κ3) is 20.8. The van der Waals surface area contributed by atoms with Crippen molar-refractivity contribution in [3.8, 4) is 0 Å². The fourth-order valence-electron chi connectivity index (χ4n) is 1.70. The molecule has 1 N–H and O–H groups in total. The molecule has 25 heavy (non-hydrogen) atoms. The highest BCUT2D eigenvalue weighted by Crippen LogP contribution is 2.16. The van der Waals surface area contributed by atoms with Gasteiger partial charge in [-0.3, -0.25) is 4.79 Å². The molecule has 0 aliphatic rings. The summed E-state index contributed by atoms with van der Waals surface area (Å²) in [5.41, 5.74) is 0.162. The summed E-state index contributed by atoms with van der Waals surface area (Å²) in [7, 11) is 0. The second-order valence-electron chi connectivity index (χ2n) is 5.38. The van der Waals surface area contributed by atoms with Gasteiger partial charge in [0.05, 0.1) is 6.61 Å². The van der Waals surface area contributed by atoms with E-state index in [9.17, 15) is 22.4 Å². The predicted octanol–water partition coefficient (Wildman–Crippen LogP) is 7.04. The average Bonchev–Trinajstić information content (AvgIpc) is 2.58. The number of ketones is 1. The first-order valence-electron chi connectivity index (χ1n) is 8.93. The molecule has 0 saturated carbocycles. The van der Waals surface area contributed by atoms with Crippen molar-refractivity contribution in [2.24, 2.45) is 0 Å². The maximum absolute atomic E-state index is 11.8. The van der Waals surface area contributed by atoms with Crippen molar-refractivity contribution in [1.29, 1.82) is 0 Å². The van der Waals surface area contributed by atoms with E-state index in [4.69, 9.17) is 5.11 Å². The normalized spacial score (nSPS) is 9.20. The molecular formula is C19H34F4O2. The highest BCUT2D eigenvalue weighted by Gasteiger charge is 2.01. The molecule has 150 valence electrons.